The molecule has 12 heteroatoms. The van der Waals surface area contributed by atoms with Crippen molar-refractivity contribution < 1.29 is 41.3 Å². The number of benzene rings is 2. The molecule has 32 heavy (non-hydrogen) atoms. The summed E-state index contributed by atoms with van der Waals surface area (Å²) in [5, 5.41) is 9.78. The van der Waals surface area contributed by atoms with Crippen LogP contribution in [-0.2, 0) is 10.9 Å². The van der Waals surface area contributed by atoms with Crippen LogP contribution in [-0.4, -0.2) is 41.9 Å². The first-order valence-electron chi connectivity index (χ1n) is 8.98. The van der Waals surface area contributed by atoms with Crippen LogP contribution >= 0.6 is 15.9 Å². The highest BCUT2D eigenvalue weighted by molar-refractivity contribution is 9.11. The molecule has 2 unspecified atom stereocenters. The maximum Gasteiger partial charge on any atom is 0.416 e. The summed E-state index contributed by atoms with van der Waals surface area (Å²) in [5.41, 5.74) is 3.89. The zero-order valence-electron chi connectivity index (χ0n) is 16.3. The van der Waals surface area contributed by atoms with Crippen molar-refractivity contribution in [3.63, 3.8) is 0 Å². The minimum atomic E-state index is -4.50. The highest BCUT2D eigenvalue weighted by atomic mass is 79.9. The van der Waals surface area contributed by atoms with Crippen LogP contribution < -0.4 is 10.5 Å². The number of nitrogens with zero attached hydrogens (tertiary/aromatic N) is 1. The Kier molecular flexibility index (Phi) is 6.65. The van der Waals surface area contributed by atoms with E-state index in [-0.39, 0.29) is 4.67 Å². The van der Waals surface area contributed by atoms with E-state index in [9.17, 15) is 31.9 Å². The second-order valence-corrected chi connectivity index (χ2v) is 7.47. The minimum absolute atomic E-state index is 0.143. The Bertz CT molecular complexity index is 1060. The number of rotatable bonds is 6. The van der Waals surface area contributed by atoms with E-state index in [0.717, 1.165) is 24.3 Å². The molecule has 0 radical (unpaired) electrons. The van der Waals surface area contributed by atoms with Crippen LogP contribution in [0.4, 0.5) is 22.0 Å². The molecule has 0 aromatic heterocycles. The lowest BCUT2D eigenvalue weighted by Gasteiger charge is -2.29. The zero-order chi connectivity index (χ0) is 23.8. The minimum Gasteiger partial charge on any atom is -0.479 e. The fourth-order valence-corrected chi connectivity index (χ4v) is 3.87. The summed E-state index contributed by atoms with van der Waals surface area (Å²) < 4.78 is 77.9. The van der Waals surface area contributed by atoms with Crippen molar-refractivity contribution >= 4 is 27.5 Å². The first-order chi connectivity index (χ1) is 15.0. The van der Waals surface area contributed by atoms with Crippen molar-refractivity contribution in [2.24, 2.45) is 5.73 Å². The van der Waals surface area contributed by atoms with E-state index >= 15 is 0 Å². The number of alkyl halides is 3. The number of aliphatic hydroxyl groups excluding tert-OH is 1. The Labute approximate surface area is 187 Å². The molecule has 1 amide bonds. The fraction of sp³-hybridized carbons (Fsp3) is 0.250. The Morgan fingerprint density at radius 2 is 1.88 bits per heavy atom. The summed E-state index contributed by atoms with van der Waals surface area (Å²) in [6.45, 7) is -0.682. The summed E-state index contributed by atoms with van der Waals surface area (Å²) in [6, 6.07) is 6.01. The van der Waals surface area contributed by atoms with E-state index in [4.69, 9.17) is 15.2 Å². The normalized spacial score (nSPS) is 17.4. The molecule has 2 atom stereocenters. The standard InChI is InChI=1S/C20H16BrF5N2O4/c1-28-16(9-2-4-10(5-3-9)20(24,25)26)17(21)32-19(28)13(8-29)31-12-7-6-11(22)14(15(12)23)18(27)30/h2-7,13,19,29H,8H2,1H3,(H2,27,30). The van der Waals surface area contributed by atoms with E-state index in [1.54, 1.807) is 0 Å². The topological polar surface area (TPSA) is 85.0 Å². The lowest BCUT2D eigenvalue weighted by Crippen LogP contribution is -2.44. The lowest BCUT2D eigenvalue weighted by molar-refractivity contribution is -0.137. The van der Waals surface area contributed by atoms with Gasteiger partial charge in [0.15, 0.2) is 22.3 Å². The lowest BCUT2D eigenvalue weighted by atomic mass is 10.1. The summed E-state index contributed by atoms with van der Waals surface area (Å²) in [6.07, 6.45) is -6.78. The number of likely N-dealkylation sites (N-methyl/N-ethyl adjacent to an activating group) is 1. The maximum absolute atomic E-state index is 14.5. The van der Waals surface area contributed by atoms with E-state index < -0.39 is 59.5 Å². The van der Waals surface area contributed by atoms with Crippen molar-refractivity contribution in [2.75, 3.05) is 13.7 Å². The van der Waals surface area contributed by atoms with Crippen LogP contribution in [0.2, 0.25) is 0 Å². The molecule has 0 spiro atoms. The number of ether oxygens (including phenoxy) is 2. The predicted octanol–water partition coefficient (Wildman–Crippen LogP) is 3.83. The summed E-state index contributed by atoms with van der Waals surface area (Å²) >= 11 is 3.19. The van der Waals surface area contributed by atoms with E-state index in [2.05, 4.69) is 15.9 Å². The number of halogens is 6. The van der Waals surface area contributed by atoms with Gasteiger partial charge in [0, 0.05) is 12.6 Å². The van der Waals surface area contributed by atoms with Gasteiger partial charge >= 0.3 is 6.18 Å². The summed E-state index contributed by atoms with van der Waals surface area (Å²) in [7, 11) is 1.52. The molecule has 172 valence electrons. The van der Waals surface area contributed by atoms with Crippen LogP contribution in [0.5, 0.6) is 5.75 Å². The molecule has 2 aromatic rings. The summed E-state index contributed by atoms with van der Waals surface area (Å²) in [4.78, 5) is 12.8. The SMILES string of the molecule is CN1C(c2ccc(C(F)(F)F)cc2)=C(Br)OC1C(CO)Oc1ccc(F)c(C(N)=O)c1F. The molecule has 0 bridgehead atoms. The van der Waals surface area contributed by atoms with E-state index in [1.165, 1.54) is 24.1 Å². The largest absolute Gasteiger partial charge is 0.479 e. The van der Waals surface area contributed by atoms with Gasteiger partial charge in [0.2, 0.25) is 6.23 Å². The van der Waals surface area contributed by atoms with E-state index in [0.29, 0.717) is 11.3 Å². The number of hydrogen-bond donors (Lipinski definition) is 2. The van der Waals surface area contributed by atoms with Crippen LogP contribution in [0.3, 0.4) is 0 Å². The second-order valence-electron chi connectivity index (χ2n) is 6.75. The molecule has 1 aliphatic heterocycles. The third-order valence-electron chi connectivity index (χ3n) is 4.71. The summed E-state index contributed by atoms with van der Waals surface area (Å²) in [5.74, 6) is -4.40. The molecular weight excluding hydrogens is 507 g/mol. The highest BCUT2D eigenvalue weighted by Crippen LogP contribution is 2.39. The average molecular weight is 523 g/mol. The van der Waals surface area contributed by atoms with Crippen LogP contribution in [0.1, 0.15) is 21.5 Å². The van der Waals surface area contributed by atoms with E-state index in [1.807, 2.05) is 0 Å². The van der Waals surface area contributed by atoms with Gasteiger partial charge in [-0.3, -0.25) is 4.79 Å². The Balaban J connectivity index is 1.85. The third kappa shape index (κ3) is 4.51. The highest BCUT2D eigenvalue weighted by Gasteiger charge is 2.39. The third-order valence-corrected chi connectivity index (χ3v) is 5.27. The average Bonchev–Trinajstić information content (AvgIpc) is 3.00. The Hall–Kier alpha value is -2.86. The van der Waals surface area contributed by atoms with Crippen molar-refractivity contribution in [2.45, 2.75) is 18.5 Å². The second kappa shape index (κ2) is 8.94. The smallest absolute Gasteiger partial charge is 0.416 e. The Morgan fingerprint density at radius 3 is 2.41 bits per heavy atom. The van der Waals surface area contributed by atoms with Gasteiger partial charge in [-0.25, -0.2) is 8.78 Å². The van der Waals surface area contributed by atoms with Gasteiger partial charge in [-0.05, 0) is 40.2 Å². The van der Waals surface area contributed by atoms with Gasteiger partial charge in [0.05, 0.1) is 17.9 Å². The molecule has 1 heterocycles. The number of nitrogens with two attached hydrogens (primary N) is 1. The van der Waals surface area contributed by atoms with Crippen molar-refractivity contribution in [1.29, 1.82) is 0 Å². The van der Waals surface area contributed by atoms with Crippen molar-refractivity contribution in [3.8, 4) is 5.75 Å². The van der Waals surface area contributed by atoms with Crippen LogP contribution in [0.25, 0.3) is 5.70 Å². The van der Waals surface area contributed by atoms with Gasteiger partial charge < -0.3 is 25.2 Å². The number of primary amides is 1. The zero-order valence-corrected chi connectivity index (χ0v) is 17.9. The van der Waals surface area contributed by atoms with Gasteiger partial charge in [-0.2, -0.15) is 13.2 Å². The quantitative estimate of drug-likeness (QED) is 0.563. The van der Waals surface area contributed by atoms with Gasteiger partial charge in [0.25, 0.3) is 5.91 Å². The molecule has 0 saturated heterocycles. The first-order valence-corrected chi connectivity index (χ1v) is 9.77. The predicted molar refractivity (Wildman–Crippen MR) is 106 cm³/mol. The van der Waals surface area contributed by atoms with Gasteiger partial charge in [-0.1, -0.05) is 12.1 Å². The number of carbonyl (C=O) groups excluding carboxylic acids is 1. The van der Waals surface area contributed by atoms with Gasteiger partial charge in [-0.15, -0.1) is 0 Å². The fourth-order valence-electron chi connectivity index (χ4n) is 3.17. The molecule has 0 saturated carbocycles. The molecule has 0 fully saturated rings. The molecule has 3 N–H and O–H groups in total. The Morgan fingerprint density at radius 1 is 1.25 bits per heavy atom. The first kappa shape index (κ1) is 23.8. The van der Waals surface area contributed by atoms with Gasteiger partial charge in [0.1, 0.15) is 11.4 Å². The van der Waals surface area contributed by atoms with Crippen molar-refractivity contribution in [1.82, 2.24) is 4.90 Å². The molecule has 1 aliphatic rings. The molecule has 0 aliphatic carbocycles. The van der Waals surface area contributed by atoms with Crippen LogP contribution in [0, 0.1) is 11.6 Å². The number of amides is 1. The number of carbonyl (C=O) groups is 1. The van der Waals surface area contributed by atoms with Crippen molar-refractivity contribution in [3.05, 3.63) is 69.4 Å². The molecule has 2 aromatic carbocycles. The molecule has 3 rings (SSSR count). The maximum atomic E-state index is 14.5. The molecular formula is C20H16BrF5N2O4. The monoisotopic (exact) mass is 522 g/mol. The van der Waals surface area contributed by atoms with Crippen LogP contribution in [0.15, 0.2) is 41.1 Å². The molecule has 6 nitrogen and oxygen atoms in total. The number of hydrogen-bond acceptors (Lipinski definition) is 5. The number of aliphatic hydroxyl groups is 1.